The minimum absolute atomic E-state index is 0.00305. The number of esters is 2. The second-order valence-corrected chi connectivity index (χ2v) is 11.2. The lowest BCUT2D eigenvalue weighted by Gasteiger charge is -2.28. The smallest absolute Gasteiger partial charge is 0.480 e. The van der Waals surface area contributed by atoms with Crippen LogP contribution in [0.4, 0.5) is 4.79 Å². The first-order valence-corrected chi connectivity index (χ1v) is 13.5. The third kappa shape index (κ3) is 11.6. The summed E-state index contributed by atoms with van der Waals surface area (Å²) in [4.78, 5) is 49.5. The molecule has 1 aromatic carbocycles. The van der Waals surface area contributed by atoms with Crippen LogP contribution in [-0.4, -0.2) is 46.4 Å². The molecular weight excluding hydrogens is 506 g/mol. The molecule has 0 bridgehead atoms. The van der Waals surface area contributed by atoms with Crippen LogP contribution in [0.2, 0.25) is 0 Å². The lowest BCUT2D eigenvalue weighted by atomic mass is 9.86. The fourth-order valence-corrected chi connectivity index (χ4v) is 3.94. The number of carboxylic acid groups (broad SMARTS) is 1. The Hall–Kier alpha value is -3.14. The van der Waals surface area contributed by atoms with Gasteiger partial charge in [-0.3, -0.25) is 14.4 Å². The number of carbonyl (C=O) groups is 4. The van der Waals surface area contributed by atoms with Crippen molar-refractivity contribution in [3.05, 3.63) is 23.8 Å². The van der Waals surface area contributed by atoms with Gasteiger partial charge < -0.3 is 29.8 Å². The molecule has 4 atom stereocenters. The molecule has 0 fully saturated rings. The van der Waals surface area contributed by atoms with Crippen molar-refractivity contribution in [3.8, 4) is 11.5 Å². The summed E-state index contributed by atoms with van der Waals surface area (Å²) in [6.07, 6.45) is 0.643. The zero-order chi connectivity index (χ0) is 30.0. The number of ether oxygens (including phenoxy) is 4. The molecule has 220 valence electrons. The van der Waals surface area contributed by atoms with E-state index in [4.69, 9.17) is 24.7 Å². The van der Waals surface area contributed by atoms with Crippen LogP contribution in [0.3, 0.4) is 0 Å². The molecule has 0 spiro atoms. The summed E-state index contributed by atoms with van der Waals surface area (Å²) in [5.41, 5.74) is 4.11. The zero-order valence-corrected chi connectivity index (χ0v) is 24.5. The topological polar surface area (TPSA) is 151 Å². The quantitative estimate of drug-likeness (QED) is 0.226. The molecule has 0 saturated heterocycles. The number of hydrogen-bond acceptors (Lipinski definition) is 9. The Kier molecular flexibility index (Phi) is 12.9. The van der Waals surface area contributed by atoms with Gasteiger partial charge in [0.25, 0.3) is 0 Å². The van der Waals surface area contributed by atoms with Gasteiger partial charge in [0.2, 0.25) is 0 Å². The van der Waals surface area contributed by atoms with Gasteiger partial charge in [0.15, 0.2) is 11.5 Å². The van der Waals surface area contributed by atoms with Crippen LogP contribution in [0.25, 0.3) is 0 Å². The molecule has 39 heavy (non-hydrogen) atoms. The molecule has 1 rings (SSSR count). The largest absolute Gasteiger partial charge is 0.509 e. The number of rotatable bonds is 14. The van der Waals surface area contributed by atoms with Crippen molar-refractivity contribution >= 4 is 24.1 Å². The van der Waals surface area contributed by atoms with Crippen LogP contribution in [0.5, 0.6) is 11.5 Å². The normalized spacial score (nSPS) is 15.3. The summed E-state index contributed by atoms with van der Waals surface area (Å²) >= 11 is 0. The highest BCUT2D eigenvalue weighted by atomic mass is 16.7. The Morgan fingerprint density at radius 3 is 1.87 bits per heavy atom. The van der Waals surface area contributed by atoms with Crippen molar-refractivity contribution < 1.29 is 43.2 Å². The first-order valence-electron chi connectivity index (χ1n) is 13.5. The summed E-state index contributed by atoms with van der Waals surface area (Å²) in [6, 6.07) is 4.47. The summed E-state index contributed by atoms with van der Waals surface area (Å²) in [5.74, 6) is -2.94. The maximum absolute atomic E-state index is 12.7. The summed E-state index contributed by atoms with van der Waals surface area (Å²) in [7, 11) is 0. The fraction of sp³-hybridized carbons (Fsp3) is 0.655. The van der Waals surface area contributed by atoms with Gasteiger partial charge in [-0.1, -0.05) is 46.6 Å². The predicted molar refractivity (Wildman–Crippen MR) is 146 cm³/mol. The van der Waals surface area contributed by atoms with Crippen molar-refractivity contribution in [2.75, 3.05) is 0 Å². The third-order valence-electron chi connectivity index (χ3n) is 5.96. The van der Waals surface area contributed by atoms with E-state index in [2.05, 4.69) is 0 Å². The van der Waals surface area contributed by atoms with Crippen LogP contribution in [0, 0.1) is 11.8 Å². The van der Waals surface area contributed by atoms with E-state index in [0.717, 1.165) is 12.8 Å². The lowest BCUT2D eigenvalue weighted by Crippen LogP contribution is -2.52. The van der Waals surface area contributed by atoms with Gasteiger partial charge in [0, 0.05) is 12.8 Å². The molecule has 0 aliphatic heterocycles. The molecule has 0 amide bonds. The molecule has 3 N–H and O–H groups in total. The molecule has 0 aromatic heterocycles. The number of carboxylic acids is 1. The van der Waals surface area contributed by atoms with Crippen LogP contribution in [-0.2, 0) is 30.3 Å². The number of aliphatic carboxylic acids is 1. The monoisotopic (exact) mass is 551 g/mol. The predicted octanol–water partition coefficient (Wildman–Crippen LogP) is 5.42. The van der Waals surface area contributed by atoms with Crippen LogP contribution in [0.15, 0.2) is 18.2 Å². The molecule has 0 saturated carbocycles. The van der Waals surface area contributed by atoms with Crippen molar-refractivity contribution in [1.82, 2.24) is 0 Å². The van der Waals surface area contributed by atoms with Gasteiger partial charge in [0.1, 0.15) is 17.2 Å². The first-order chi connectivity index (χ1) is 18.0. The fourth-order valence-electron chi connectivity index (χ4n) is 3.94. The van der Waals surface area contributed by atoms with Gasteiger partial charge in [-0.05, 0) is 58.2 Å². The van der Waals surface area contributed by atoms with Crippen molar-refractivity contribution in [1.29, 1.82) is 0 Å². The molecule has 0 heterocycles. The number of benzene rings is 1. The highest BCUT2D eigenvalue weighted by Crippen LogP contribution is 2.32. The molecule has 0 aliphatic carbocycles. The van der Waals surface area contributed by atoms with Gasteiger partial charge >= 0.3 is 24.1 Å². The van der Waals surface area contributed by atoms with E-state index in [1.165, 1.54) is 19.1 Å². The van der Waals surface area contributed by atoms with E-state index in [1.807, 2.05) is 13.8 Å². The highest BCUT2D eigenvalue weighted by Gasteiger charge is 2.38. The minimum Gasteiger partial charge on any atom is -0.480 e. The molecule has 1 aromatic rings. The van der Waals surface area contributed by atoms with Gasteiger partial charge in [-0.15, -0.1) is 0 Å². The van der Waals surface area contributed by atoms with E-state index in [1.54, 1.807) is 40.7 Å². The SMILES string of the molecule is CCCC(C)C(=O)Oc1ccc(CC(N)(C[C@H](C)OC(=O)OC(C)(C)C)C(=O)O)cc1OC(=O)C(C)CCC. The number of nitrogens with two attached hydrogens (primary N) is 1. The van der Waals surface area contributed by atoms with E-state index < -0.39 is 41.3 Å². The average Bonchev–Trinajstić information content (AvgIpc) is 2.79. The van der Waals surface area contributed by atoms with Crippen molar-refractivity contribution in [2.24, 2.45) is 17.6 Å². The standard InChI is InChI=1S/C29H45NO9/c1-9-11-18(3)24(31)37-22-14-13-21(15-23(22)38-25(32)19(4)12-10-2)17-29(30,26(33)34)16-20(5)36-27(35)39-28(6,7)8/h13-15,18-20H,9-12,16-17,30H2,1-8H3,(H,33,34)/t18?,19?,20-,29?/m0/s1. The Morgan fingerprint density at radius 2 is 1.41 bits per heavy atom. The highest BCUT2D eigenvalue weighted by molar-refractivity contribution is 5.80. The second-order valence-electron chi connectivity index (χ2n) is 11.2. The Morgan fingerprint density at radius 1 is 0.897 bits per heavy atom. The molecular formula is C29H45NO9. The number of hydrogen-bond donors (Lipinski definition) is 2. The average molecular weight is 552 g/mol. The van der Waals surface area contributed by atoms with Gasteiger partial charge in [-0.2, -0.15) is 0 Å². The first kappa shape index (κ1) is 33.9. The third-order valence-corrected chi connectivity index (χ3v) is 5.96. The van der Waals surface area contributed by atoms with Crippen molar-refractivity contribution in [3.63, 3.8) is 0 Å². The Bertz CT molecular complexity index is 1000. The maximum Gasteiger partial charge on any atom is 0.509 e. The van der Waals surface area contributed by atoms with E-state index in [9.17, 15) is 24.3 Å². The second kappa shape index (κ2) is 14.9. The van der Waals surface area contributed by atoms with E-state index >= 15 is 0 Å². The molecule has 10 heteroatoms. The molecule has 10 nitrogen and oxygen atoms in total. The lowest BCUT2D eigenvalue weighted by molar-refractivity contribution is -0.145. The van der Waals surface area contributed by atoms with Crippen LogP contribution < -0.4 is 15.2 Å². The van der Waals surface area contributed by atoms with Crippen LogP contribution >= 0.6 is 0 Å². The van der Waals surface area contributed by atoms with Crippen LogP contribution in [0.1, 0.15) is 93.1 Å². The van der Waals surface area contributed by atoms with E-state index in [0.29, 0.717) is 18.4 Å². The minimum atomic E-state index is -1.83. The molecule has 3 unspecified atom stereocenters. The summed E-state index contributed by atoms with van der Waals surface area (Å²) in [6.45, 7) is 14.0. The van der Waals surface area contributed by atoms with Gasteiger partial charge in [-0.25, -0.2) is 4.79 Å². The number of carbonyl (C=O) groups excluding carboxylic acids is 3. The zero-order valence-electron chi connectivity index (χ0n) is 24.5. The summed E-state index contributed by atoms with van der Waals surface area (Å²) < 4.78 is 21.5. The Balaban J connectivity index is 3.24. The molecule has 0 aliphatic rings. The maximum atomic E-state index is 12.7. The molecule has 0 radical (unpaired) electrons. The van der Waals surface area contributed by atoms with E-state index in [-0.39, 0.29) is 36.2 Å². The Labute approximate surface area is 231 Å². The summed E-state index contributed by atoms with van der Waals surface area (Å²) in [5, 5.41) is 9.94. The van der Waals surface area contributed by atoms with Gasteiger partial charge in [0.05, 0.1) is 11.8 Å². The van der Waals surface area contributed by atoms with Crippen molar-refractivity contribution in [2.45, 2.75) is 111 Å².